The molecular weight excluding hydrogens is 514 g/mol. The second-order valence-corrected chi connectivity index (χ2v) is 11.0. The average molecular weight is 539 g/mol. The fourth-order valence-electron chi connectivity index (χ4n) is 4.33. The van der Waals surface area contributed by atoms with Gasteiger partial charge in [-0.3, -0.25) is 9.69 Å². The number of thioether (sulfide) groups is 1. The summed E-state index contributed by atoms with van der Waals surface area (Å²) in [6.45, 7) is 2.03. The zero-order chi connectivity index (χ0) is 22.8. The minimum atomic E-state index is 0.0749. The molecule has 3 aromatic rings. The third-order valence-corrected chi connectivity index (χ3v) is 8.54. The van der Waals surface area contributed by atoms with Crippen molar-refractivity contribution in [3.8, 4) is 11.3 Å². The molecular formula is C26H24BrN3OS2. The van der Waals surface area contributed by atoms with Crippen LogP contribution < -0.4 is 0 Å². The molecule has 1 aliphatic heterocycles. The number of rotatable bonds is 4. The molecule has 1 amide bonds. The second kappa shape index (κ2) is 9.95. The molecule has 1 saturated carbocycles. The van der Waals surface area contributed by atoms with Crippen molar-refractivity contribution in [2.24, 2.45) is 4.99 Å². The van der Waals surface area contributed by atoms with Crippen LogP contribution in [0.15, 0.2) is 74.3 Å². The van der Waals surface area contributed by atoms with Crippen molar-refractivity contribution in [2.45, 2.75) is 45.1 Å². The molecule has 2 aliphatic rings. The van der Waals surface area contributed by atoms with E-state index in [1.807, 2.05) is 59.7 Å². The first-order valence-corrected chi connectivity index (χ1v) is 13.7. The van der Waals surface area contributed by atoms with Gasteiger partial charge in [0.2, 0.25) is 5.13 Å². The van der Waals surface area contributed by atoms with Gasteiger partial charge in [-0.2, -0.15) is 4.99 Å². The summed E-state index contributed by atoms with van der Waals surface area (Å²) in [4.78, 5) is 26.0. The molecule has 0 spiro atoms. The van der Waals surface area contributed by atoms with Crippen molar-refractivity contribution < 1.29 is 4.79 Å². The van der Waals surface area contributed by atoms with E-state index in [1.165, 1.54) is 29.5 Å². The standard InChI is InChI=1S/C26H24BrN3OS2/c1-17(18-12-14-20(27)15-13-18)23-24(31)30(21-10-6-3-7-11-21)26(33-23)29-25-28-22(16-32-25)19-8-4-2-5-9-19/h2,4-5,8-9,12-16,21H,3,6-7,10-11H2,1H3/b23-17-,29-26+. The van der Waals surface area contributed by atoms with E-state index >= 15 is 0 Å². The van der Waals surface area contributed by atoms with Crippen molar-refractivity contribution in [2.75, 3.05) is 0 Å². The molecule has 0 N–H and O–H groups in total. The van der Waals surface area contributed by atoms with E-state index < -0.39 is 0 Å². The predicted molar refractivity (Wildman–Crippen MR) is 143 cm³/mol. The maximum Gasteiger partial charge on any atom is 0.267 e. The number of hydrogen-bond acceptors (Lipinski definition) is 5. The molecule has 4 nitrogen and oxygen atoms in total. The number of allylic oxidation sites excluding steroid dienone is 1. The molecule has 1 aromatic heterocycles. The van der Waals surface area contributed by atoms with Crippen LogP contribution in [0.25, 0.3) is 16.8 Å². The Morgan fingerprint density at radius 1 is 1.06 bits per heavy atom. The van der Waals surface area contributed by atoms with Crippen molar-refractivity contribution in [1.82, 2.24) is 9.88 Å². The summed E-state index contributed by atoms with van der Waals surface area (Å²) in [5.41, 5.74) is 4.04. The van der Waals surface area contributed by atoms with Gasteiger partial charge in [-0.25, -0.2) is 4.98 Å². The number of halogens is 1. The van der Waals surface area contributed by atoms with Gasteiger partial charge < -0.3 is 0 Å². The average Bonchev–Trinajstić information content (AvgIpc) is 3.45. The van der Waals surface area contributed by atoms with Gasteiger partial charge in [0.1, 0.15) is 0 Å². The normalized spacial score (nSPS) is 20.0. The highest BCUT2D eigenvalue weighted by molar-refractivity contribution is 9.10. The molecule has 1 aliphatic carbocycles. The van der Waals surface area contributed by atoms with Crippen LogP contribution in [0.4, 0.5) is 5.13 Å². The fraction of sp³-hybridized carbons (Fsp3) is 0.269. The fourth-order valence-corrected chi connectivity index (χ4v) is 6.44. The van der Waals surface area contributed by atoms with Gasteiger partial charge in [-0.05, 0) is 54.8 Å². The number of carbonyl (C=O) groups excluding carboxylic acids is 1. The zero-order valence-corrected chi connectivity index (χ0v) is 21.5. The summed E-state index contributed by atoms with van der Waals surface area (Å²) in [5, 5.41) is 3.48. The van der Waals surface area contributed by atoms with E-state index in [2.05, 4.69) is 28.1 Å². The molecule has 5 rings (SSSR count). The van der Waals surface area contributed by atoms with Crippen molar-refractivity contribution in [3.63, 3.8) is 0 Å². The number of hydrogen-bond donors (Lipinski definition) is 0. The van der Waals surface area contributed by atoms with Crippen LogP contribution in [0.2, 0.25) is 0 Å². The highest BCUT2D eigenvalue weighted by Gasteiger charge is 2.40. The maximum atomic E-state index is 13.7. The maximum absolute atomic E-state index is 13.7. The Kier molecular flexibility index (Phi) is 6.81. The summed E-state index contributed by atoms with van der Waals surface area (Å²) < 4.78 is 1.03. The summed E-state index contributed by atoms with van der Waals surface area (Å²) in [6.07, 6.45) is 5.62. The van der Waals surface area contributed by atoms with Gasteiger partial charge in [0.15, 0.2) is 5.17 Å². The minimum Gasteiger partial charge on any atom is -0.283 e. The van der Waals surface area contributed by atoms with E-state index in [0.717, 1.165) is 62.6 Å². The van der Waals surface area contributed by atoms with Gasteiger partial charge in [0, 0.05) is 21.5 Å². The first-order chi connectivity index (χ1) is 16.1. The van der Waals surface area contributed by atoms with Gasteiger partial charge in [0.25, 0.3) is 5.91 Å². The number of amidine groups is 1. The Hall–Kier alpha value is -2.22. The predicted octanol–water partition coefficient (Wildman–Crippen LogP) is 7.90. The molecule has 2 fully saturated rings. The minimum absolute atomic E-state index is 0.0749. The highest BCUT2D eigenvalue weighted by Crippen LogP contribution is 2.41. The topological polar surface area (TPSA) is 45.6 Å². The number of benzene rings is 2. The lowest BCUT2D eigenvalue weighted by molar-refractivity contribution is -0.124. The Bertz CT molecular complexity index is 1210. The third-order valence-electron chi connectivity index (χ3n) is 6.12. The number of carbonyl (C=O) groups is 1. The molecule has 0 atom stereocenters. The van der Waals surface area contributed by atoms with E-state index in [0.29, 0.717) is 5.13 Å². The van der Waals surface area contributed by atoms with E-state index in [9.17, 15) is 4.79 Å². The summed E-state index contributed by atoms with van der Waals surface area (Å²) in [7, 11) is 0. The Morgan fingerprint density at radius 2 is 1.79 bits per heavy atom. The monoisotopic (exact) mass is 537 g/mol. The molecule has 2 heterocycles. The van der Waals surface area contributed by atoms with E-state index in [1.54, 1.807) is 0 Å². The Balaban J connectivity index is 1.51. The highest BCUT2D eigenvalue weighted by atomic mass is 79.9. The van der Waals surface area contributed by atoms with Gasteiger partial charge >= 0.3 is 0 Å². The largest absolute Gasteiger partial charge is 0.283 e. The Morgan fingerprint density at radius 3 is 2.52 bits per heavy atom. The van der Waals surface area contributed by atoms with Gasteiger partial charge in [-0.1, -0.05) is 77.7 Å². The molecule has 0 radical (unpaired) electrons. The van der Waals surface area contributed by atoms with E-state index in [4.69, 9.17) is 9.98 Å². The summed E-state index contributed by atoms with van der Waals surface area (Å²) in [5.74, 6) is 0.0749. The molecule has 0 bridgehead atoms. The van der Waals surface area contributed by atoms with Crippen molar-refractivity contribution >= 4 is 60.8 Å². The molecule has 1 saturated heterocycles. The number of aromatic nitrogens is 1. The van der Waals surface area contributed by atoms with Crippen molar-refractivity contribution in [3.05, 3.63) is 74.9 Å². The van der Waals surface area contributed by atoms with Gasteiger partial charge in [0.05, 0.1) is 10.6 Å². The zero-order valence-electron chi connectivity index (χ0n) is 18.3. The summed E-state index contributed by atoms with van der Waals surface area (Å²) >= 11 is 6.50. The van der Waals surface area contributed by atoms with Crippen LogP contribution in [0.1, 0.15) is 44.6 Å². The number of nitrogens with zero attached hydrogens (tertiary/aromatic N) is 3. The first-order valence-electron chi connectivity index (χ1n) is 11.2. The number of amides is 1. The van der Waals surface area contributed by atoms with Crippen LogP contribution in [-0.2, 0) is 4.79 Å². The molecule has 2 aromatic carbocycles. The first kappa shape index (κ1) is 22.6. The number of aliphatic imine (C=N–C) groups is 1. The van der Waals surface area contributed by atoms with Crippen LogP contribution in [0, 0.1) is 0 Å². The molecule has 33 heavy (non-hydrogen) atoms. The molecule has 0 unspecified atom stereocenters. The molecule has 168 valence electrons. The lowest BCUT2D eigenvalue weighted by Crippen LogP contribution is -2.40. The summed E-state index contributed by atoms with van der Waals surface area (Å²) in [6, 6.07) is 18.5. The SMILES string of the molecule is C/C(=C1/S/C(=N/c2nc(-c3ccccc3)cs2)N(C2CCCCC2)C1=O)c1ccc(Br)cc1. The van der Waals surface area contributed by atoms with Crippen LogP contribution in [0.5, 0.6) is 0 Å². The Labute approximate surface area is 211 Å². The van der Waals surface area contributed by atoms with Crippen LogP contribution in [0.3, 0.4) is 0 Å². The van der Waals surface area contributed by atoms with Gasteiger partial charge in [-0.15, -0.1) is 11.3 Å². The lowest BCUT2D eigenvalue weighted by atomic mass is 9.94. The van der Waals surface area contributed by atoms with Crippen LogP contribution in [-0.4, -0.2) is 27.0 Å². The smallest absolute Gasteiger partial charge is 0.267 e. The quantitative estimate of drug-likeness (QED) is 0.317. The van der Waals surface area contributed by atoms with E-state index in [-0.39, 0.29) is 11.9 Å². The second-order valence-electron chi connectivity index (χ2n) is 8.31. The third kappa shape index (κ3) is 4.86. The van der Waals surface area contributed by atoms with Crippen molar-refractivity contribution in [1.29, 1.82) is 0 Å². The van der Waals surface area contributed by atoms with Crippen LogP contribution >= 0.6 is 39.0 Å². The lowest BCUT2D eigenvalue weighted by Gasteiger charge is -2.30. The number of thiazole rings is 1. The molecule has 7 heteroatoms.